The molecule has 2 aliphatic heterocycles. The van der Waals surface area contributed by atoms with E-state index in [-0.39, 0.29) is 205 Å². The third-order valence-corrected chi connectivity index (χ3v) is 40.0. The molecule has 0 radical (unpaired) electrons. The lowest BCUT2D eigenvalue weighted by atomic mass is 9.45. The Hall–Kier alpha value is -5.26. The van der Waals surface area contributed by atoms with Gasteiger partial charge in [0.15, 0.2) is 69.4 Å². The number of fused-ring (bicyclic) bond motifs is 24. The molecule has 14 fully saturated rings. The highest BCUT2D eigenvalue weighted by atomic mass is 35.5. The average Bonchev–Trinajstić information content (AvgIpc) is 1.45. The molecule has 742 valence electrons. The number of ether oxygens (including phenoxy) is 9. The van der Waals surface area contributed by atoms with Gasteiger partial charge in [0.25, 0.3) is 0 Å². The Morgan fingerprint density at radius 3 is 1.43 bits per heavy atom. The summed E-state index contributed by atoms with van der Waals surface area (Å²) in [6.07, 6.45) is 24.7. The summed E-state index contributed by atoms with van der Waals surface area (Å²) in [5.41, 5.74) is -7.06. The van der Waals surface area contributed by atoms with Crippen molar-refractivity contribution in [2.45, 2.75) is 379 Å². The van der Waals surface area contributed by atoms with E-state index in [1.165, 1.54) is 12.2 Å². The molecule has 12 saturated carbocycles. The lowest BCUT2D eigenvalue weighted by Crippen LogP contribution is -2.69. The molecule has 2 saturated heterocycles. The van der Waals surface area contributed by atoms with Gasteiger partial charge in [-0.05, 0) is 279 Å². The van der Waals surface area contributed by atoms with Gasteiger partial charge in [-0.25, -0.2) is 4.39 Å². The van der Waals surface area contributed by atoms with Gasteiger partial charge >= 0.3 is 5.97 Å². The Kier molecular flexibility index (Phi) is 27.7. The Bertz CT molecular complexity index is 4940. The van der Waals surface area contributed by atoms with Gasteiger partial charge in [0.1, 0.15) is 38.2 Å². The number of hydrogen-bond acceptors (Lipinski definition) is 23. The Morgan fingerprint density at radius 2 is 0.910 bits per heavy atom. The summed E-state index contributed by atoms with van der Waals surface area (Å²) >= 11 is 14.9. The first-order valence-corrected chi connectivity index (χ1v) is 50.9. The molecule has 0 aromatic heterocycles. The van der Waals surface area contributed by atoms with Gasteiger partial charge in [-0.3, -0.25) is 43.2 Å². The van der Waals surface area contributed by atoms with E-state index < -0.39 is 125 Å². The van der Waals surface area contributed by atoms with Crippen molar-refractivity contribution < 1.29 is 116 Å². The van der Waals surface area contributed by atoms with E-state index in [1.54, 1.807) is 49.5 Å². The summed E-state index contributed by atoms with van der Waals surface area (Å²) in [4.78, 5) is 114. The van der Waals surface area contributed by atoms with Crippen LogP contribution in [0.15, 0.2) is 95.2 Å². The predicted molar refractivity (Wildman–Crippen MR) is 501 cm³/mol. The maximum Gasteiger partial charge on any atom is 0.306 e. The van der Waals surface area contributed by atoms with E-state index in [9.17, 15) is 68.7 Å². The van der Waals surface area contributed by atoms with Crippen LogP contribution in [0.3, 0.4) is 0 Å². The molecule has 0 aromatic rings. The van der Waals surface area contributed by atoms with Crippen LogP contribution in [0.1, 0.15) is 268 Å². The van der Waals surface area contributed by atoms with E-state index in [0.29, 0.717) is 50.5 Å². The van der Waals surface area contributed by atoms with Crippen LogP contribution >= 0.6 is 23.2 Å². The maximum atomic E-state index is 15.6. The van der Waals surface area contributed by atoms with E-state index in [1.807, 2.05) is 143 Å². The number of alkyl halides is 3. The van der Waals surface area contributed by atoms with Crippen molar-refractivity contribution >= 4 is 75.4 Å². The zero-order chi connectivity index (χ0) is 98.3. The first kappa shape index (κ1) is 103. The quantitative estimate of drug-likeness (QED) is 0.0558. The summed E-state index contributed by atoms with van der Waals surface area (Å²) in [7, 11) is 0. The molecule has 0 amide bonds. The standard InChI is InChI=1S/C28H39ClO6.C28H40O6.C27H37FO6.C25H35ClO5/c1-7-24(33)35-28(23(32)15-34-16(2)3)17(4)12-21-20-9-8-18-13-19(30)10-11-25(18,5)27(20,29)22(31)14-26(21,28)6;1-6-7-24-33-23-13-20-19-9-8-17-12-18(29)10-11-26(17,4)25(19)21(30)14-27(20,5)28(23,34-24)22(31)15-32-16(2)3;1-14(2)32-13-21(31)27-22(33-24(3,4)34-27)11-17-16-10-19(28)18-9-15(29)7-8-25(18,5)23(16)20(30)12-26(17,27)6;1-14(2)31-13-21(29)25(30)15(3)10-19-18-7-6-16-11-17(27)8-9-22(16,4)24(18,26)20(28)12-23(19,25)5/h10-11,13,16-17,20-22,31H,7-9,12,14-15H2,1-6H3;10-12,16,19-21,23-25,30H,6-9,13-15H2,1-5H3;7-9,14,16-17,19-20,22-23,30H,10-13H2,1-6H3;8-9,11,14-15,18-20,28,30H,6-7,10,12-13H2,1-5H3. The SMILES string of the molecule is CC(C)OCC(=O)C1(O)C(C)CC2C3CCC4=CC(=O)C=CC4(C)C3(Cl)C(O)CC21C.CC(C)OCC(=O)C12OC(C)(C)OC1CC1C3CC(F)C4=CC(=O)C=CC4(C)C3C(O)CC12C.CCC(=O)OC1(C(=O)COC(C)C)C(C)CC2C3CCC4=CC(=O)C=CC4(C)C3(Cl)C(O)CC21C.CCCC1OC2CC3C4CCC5=CC(=O)C=CC5(C)C4C(O)CC3(C)C2(C(=O)COC(C)C)O1. The first-order valence-electron chi connectivity index (χ1n) is 50.2. The first-order chi connectivity index (χ1) is 62.4. The number of Topliss-reactive ketones (excluding diaryl/α,β-unsaturated/α-hetero) is 4. The highest BCUT2D eigenvalue weighted by molar-refractivity contribution is 6.27. The van der Waals surface area contributed by atoms with Crippen LogP contribution in [-0.2, 0) is 85.8 Å². The number of aliphatic hydroxyl groups excluding tert-OH is 4. The lowest BCUT2D eigenvalue weighted by Gasteiger charge is -2.64. The van der Waals surface area contributed by atoms with Crippen molar-refractivity contribution in [1.29, 1.82) is 0 Å². The van der Waals surface area contributed by atoms with Gasteiger partial charge in [-0.1, -0.05) is 131 Å². The molecule has 134 heavy (non-hydrogen) atoms. The van der Waals surface area contributed by atoms with Crippen LogP contribution in [-0.4, -0.2) is 216 Å². The molecule has 18 rings (SSSR count). The average molecular weight is 1910 g/mol. The summed E-state index contributed by atoms with van der Waals surface area (Å²) in [5.74, 6) is -3.27. The summed E-state index contributed by atoms with van der Waals surface area (Å²) in [6, 6.07) is 0. The van der Waals surface area contributed by atoms with Crippen LogP contribution in [0.2, 0.25) is 0 Å². The molecule has 16 aliphatic carbocycles. The van der Waals surface area contributed by atoms with Gasteiger partial charge < -0.3 is 68.2 Å². The largest absolute Gasteiger partial charge is 0.450 e. The van der Waals surface area contributed by atoms with E-state index in [0.717, 1.165) is 61.7 Å². The molecule has 34 atom stereocenters. The highest BCUT2D eigenvalue weighted by Crippen LogP contribution is 2.77. The van der Waals surface area contributed by atoms with Crippen molar-refractivity contribution in [1.82, 2.24) is 0 Å². The topological polar surface area (TPSA) is 338 Å². The fourth-order valence-corrected chi connectivity index (χ4v) is 33.2. The van der Waals surface area contributed by atoms with E-state index in [4.69, 9.17) is 65.8 Å². The van der Waals surface area contributed by atoms with Crippen LogP contribution in [0.4, 0.5) is 4.39 Å². The van der Waals surface area contributed by atoms with E-state index >= 15 is 4.39 Å². The van der Waals surface area contributed by atoms with Gasteiger partial charge in [0, 0.05) is 67.5 Å². The molecule has 23 nitrogen and oxygen atoms in total. The van der Waals surface area contributed by atoms with Gasteiger partial charge in [0.2, 0.25) is 5.78 Å². The monoisotopic (exact) mass is 1910 g/mol. The minimum absolute atomic E-state index is 0.00166. The molecule has 2 heterocycles. The van der Waals surface area contributed by atoms with Crippen molar-refractivity contribution in [3.63, 3.8) is 0 Å². The third-order valence-electron chi connectivity index (χ3n) is 38.1. The number of carbonyl (C=O) groups excluding carboxylic acids is 9. The molecule has 0 bridgehead atoms. The van der Waals surface area contributed by atoms with Gasteiger partial charge in [0.05, 0.1) is 70.8 Å². The second-order valence-electron chi connectivity index (χ2n) is 46.8. The summed E-state index contributed by atoms with van der Waals surface area (Å²) in [6.45, 7) is 42.2. The van der Waals surface area contributed by atoms with Crippen molar-refractivity contribution in [3.05, 3.63) is 95.2 Å². The Labute approximate surface area is 801 Å². The molecule has 34 unspecified atom stereocenters. The number of halogens is 3. The summed E-state index contributed by atoms with van der Waals surface area (Å²) in [5, 5.41) is 58.5. The van der Waals surface area contributed by atoms with Gasteiger partial charge in [-0.2, -0.15) is 0 Å². The predicted octanol–water partition coefficient (Wildman–Crippen LogP) is 16.0. The Morgan fingerprint density at radius 1 is 0.478 bits per heavy atom. The number of carbonyl (C=O) groups is 9. The molecular formula is C108H151Cl2FO23. The fourth-order valence-electron chi connectivity index (χ4n) is 32.1. The normalized spacial score (nSPS) is 47.2. The second kappa shape index (κ2) is 36.0. The maximum absolute atomic E-state index is 15.6. The lowest BCUT2D eigenvalue weighted by molar-refractivity contribution is -0.227. The molecule has 5 N–H and O–H groups in total. The van der Waals surface area contributed by atoms with Crippen LogP contribution in [0, 0.1) is 114 Å². The van der Waals surface area contributed by atoms with Crippen LogP contribution < -0.4 is 0 Å². The van der Waals surface area contributed by atoms with Crippen molar-refractivity contribution in [2.24, 2.45) is 114 Å². The zero-order valence-electron chi connectivity index (χ0n) is 83.1. The molecule has 0 aromatic carbocycles. The Balaban J connectivity index is 0.000000136. The third kappa shape index (κ3) is 15.3. The van der Waals surface area contributed by atoms with Crippen LogP contribution in [0.5, 0.6) is 0 Å². The number of esters is 1. The minimum atomic E-state index is -1.57. The molecule has 0 spiro atoms. The zero-order valence-corrected chi connectivity index (χ0v) is 84.6. The van der Waals surface area contributed by atoms with Crippen molar-refractivity contribution in [3.8, 4) is 0 Å². The van der Waals surface area contributed by atoms with Gasteiger partial charge in [-0.15, -0.1) is 23.2 Å². The smallest absolute Gasteiger partial charge is 0.306 e. The molecule has 26 heteroatoms. The number of aliphatic hydroxyl groups is 5. The highest BCUT2D eigenvalue weighted by Gasteiger charge is 2.82. The molecular weight excluding hydrogens is 1760 g/mol. The minimum Gasteiger partial charge on any atom is -0.450 e. The van der Waals surface area contributed by atoms with Crippen LogP contribution in [0.25, 0.3) is 0 Å². The van der Waals surface area contributed by atoms with Crippen molar-refractivity contribution in [2.75, 3.05) is 26.4 Å². The second-order valence-corrected chi connectivity index (χ2v) is 48.0. The number of ketones is 8. The number of allylic oxidation sites excluding steroid dienone is 16. The fraction of sp³-hybridized carbons (Fsp3) is 0.769. The van der Waals surface area contributed by atoms with E-state index in [2.05, 4.69) is 20.8 Å². The molecule has 18 aliphatic rings. The summed E-state index contributed by atoms with van der Waals surface area (Å²) < 4.78 is 70.3. The number of hydrogen-bond donors (Lipinski definition) is 5. The number of rotatable bonds is 20.